The van der Waals surface area contributed by atoms with Crippen molar-refractivity contribution in [3.63, 3.8) is 0 Å². The summed E-state index contributed by atoms with van der Waals surface area (Å²) in [6.45, 7) is 2.17. The number of para-hydroxylation sites is 1. The van der Waals surface area contributed by atoms with Crippen molar-refractivity contribution in [1.82, 2.24) is 0 Å². The molecule has 0 radical (unpaired) electrons. The molecule has 0 bridgehead atoms. The Labute approximate surface area is 131 Å². The van der Waals surface area contributed by atoms with Gasteiger partial charge in [-0.15, -0.1) is 0 Å². The lowest BCUT2D eigenvalue weighted by atomic mass is 9.88. The minimum absolute atomic E-state index is 0.00448. The van der Waals surface area contributed by atoms with Crippen LogP contribution in [-0.2, 0) is 14.3 Å². The van der Waals surface area contributed by atoms with Gasteiger partial charge < -0.3 is 14.8 Å². The van der Waals surface area contributed by atoms with Gasteiger partial charge in [0.15, 0.2) is 0 Å². The largest absolute Gasteiger partial charge is 0.465 e. The zero-order chi connectivity index (χ0) is 15.9. The van der Waals surface area contributed by atoms with E-state index in [0.717, 1.165) is 19.3 Å². The fourth-order valence-corrected chi connectivity index (χ4v) is 2.78. The molecule has 1 aliphatic rings. The molecule has 2 atom stereocenters. The first-order chi connectivity index (χ1) is 10.6. The Morgan fingerprint density at radius 2 is 1.95 bits per heavy atom. The highest BCUT2D eigenvalue weighted by molar-refractivity contribution is 6.01. The smallest absolute Gasteiger partial charge is 0.339 e. The molecule has 1 aromatic carbocycles. The first-order valence-corrected chi connectivity index (χ1v) is 7.70. The van der Waals surface area contributed by atoms with E-state index >= 15 is 0 Å². The van der Waals surface area contributed by atoms with Crippen LogP contribution in [-0.4, -0.2) is 31.7 Å². The molecule has 2 unspecified atom stereocenters. The van der Waals surface area contributed by atoms with Crippen LogP contribution in [0.3, 0.4) is 0 Å². The third-order valence-electron chi connectivity index (χ3n) is 4.07. The number of esters is 1. The average molecular weight is 305 g/mol. The Hall–Kier alpha value is -1.88. The van der Waals surface area contributed by atoms with E-state index in [1.54, 1.807) is 24.3 Å². The van der Waals surface area contributed by atoms with Gasteiger partial charge in [0, 0.05) is 0 Å². The van der Waals surface area contributed by atoms with Crippen LogP contribution in [0.5, 0.6) is 0 Å². The Balaban J connectivity index is 1.91. The molecule has 0 heterocycles. The molecule has 5 nitrogen and oxygen atoms in total. The number of nitrogens with one attached hydrogen (secondary N) is 1. The summed E-state index contributed by atoms with van der Waals surface area (Å²) in [5.74, 6) is -0.240. The summed E-state index contributed by atoms with van der Waals surface area (Å²) < 4.78 is 10.4. The van der Waals surface area contributed by atoms with E-state index < -0.39 is 5.97 Å². The van der Waals surface area contributed by atoms with Crippen LogP contribution in [0.1, 0.15) is 43.0 Å². The van der Waals surface area contributed by atoms with E-state index in [9.17, 15) is 9.59 Å². The first-order valence-electron chi connectivity index (χ1n) is 7.70. The summed E-state index contributed by atoms with van der Waals surface area (Å²) in [5.41, 5.74) is 0.782. The lowest BCUT2D eigenvalue weighted by Gasteiger charge is -2.28. The molecule has 22 heavy (non-hydrogen) atoms. The van der Waals surface area contributed by atoms with Gasteiger partial charge in [-0.25, -0.2) is 4.79 Å². The maximum absolute atomic E-state index is 12.0. The number of rotatable bonds is 5. The number of anilines is 1. The number of carbonyl (C=O) groups excluding carboxylic acids is 2. The predicted molar refractivity (Wildman–Crippen MR) is 83.8 cm³/mol. The predicted octanol–water partition coefficient (Wildman–Crippen LogP) is 3.01. The van der Waals surface area contributed by atoms with Gasteiger partial charge in [-0.2, -0.15) is 0 Å². The number of hydrogen-bond donors (Lipinski definition) is 1. The normalized spacial score (nSPS) is 21.2. The molecule has 5 heteroatoms. The van der Waals surface area contributed by atoms with Crippen LogP contribution in [0.15, 0.2) is 24.3 Å². The van der Waals surface area contributed by atoms with Crippen LogP contribution in [0.2, 0.25) is 0 Å². The summed E-state index contributed by atoms with van der Waals surface area (Å²) in [7, 11) is 1.31. The summed E-state index contributed by atoms with van der Waals surface area (Å²) in [6, 6.07) is 6.77. The van der Waals surface area contributed by atoms with Crippen LogP contribution in [0, 0.1) is 5.92 Å². The second-order valence-electron chi connectivity index (χ2n) is 5.70. The SMILES string of the molecule is COC(=O)c1ccccc1NC(=O)COC1CCCCC1C. The lowest BCUT2D eigenvalue weighted by Crippen LogP contribution is -2.30. The second kappa shape index (κ2) is 7.94. The van der Waals surface area contributed by atoms with Crippen LogP contribution in [0.4, 0.5) is 5.69 Å². The molecule has 2 rings (SSSR count). The van der Waals surface area contributed by atoms with Crippen molar-refractivity contribution in [3.05, 3.63) is 29.8 Å². The molecule has 1 aromatic rings. The summed E-state index contributed by atoms with van der Waals surface area (Å²) in [4.78, 5) is 23.7. The maximum Gasteiger partial charge on any atom is 0.339 e. The van der Waals surface area contributed by atoms with Gasteiger partial charge >= 0.3 is 5.97 Å². The van der Waals surface area contributed by atoms with E-state index in [4.69, 9.17) is 9.47 Å². The second-order valence-corrected chi connectivity index (χ2v) is 5.70. The monoisotopic (exact) mass is 305 g/mol. The van der Waals surface area contributed by atoms with Gasteiger partial charge in [0.2, 0.25) is 5.91 Å². The molecule has 0 saturated heterocycles. The van der Waals surface area contributed by atoms with E-state index in [1.807, 2.05) is 0 Å². The third kappa shape index (κ3) is 4.31. The standard InChI is InChI=1S/C17H23NO4/c1-12-7-3-6-10-15(12)22-11-16(19)18-14-9-5-4-8-13(14)17(20)21-2/h4-5,8-9,12,15H,3,6-7,10-11H2,1-2H3,(H,18,19). The van der Waals surface area contributed by atoms with Crippen molar-refractivity contribution in [2.24, 2.45) is 5.92 Å². The molecule has 0 spiro atoms. The van der Waals surface area contributed by atoms with Crippen molar-refractivity contribution in [1.29, 1.82) is 0 Å². The van der Waals surface area contributed by atoms with Crippen molar-refractivity contribution < 1.29 is 19.1 Å². The van der Waals surface area contributed by atoms with Crippen LogP contribution in [0.25, 0.3) is 0 Å². The van der Waals surface area contributed by atoms with Crippen molar-refractivity contribution in [3.8, 4) is 0 Å². The summed E-state index contributed by atoms with van der Waals surface area (Å²) in [5, 5.41) is 2.72. The van der Waals surface area contributed by atoms with Crippen molar-refractivity contribution >= 4 is 17.6 Å². The first kappa shape index (κ1) is 16.5. The zero-order valence-electron chi connectivity index (χ0n) is 13.1. The highest BCUT2D eigenvalue weighted by Crippen LogP contribution is 2.26. The van der Waals surface area contributed by atoms with Gasteiger partial charge in [0.05, 0.1) is 24.5 Å². The lowest BCUT2D eigenvalue weighted by molar-refractivity contribution is -0.124. The number of amides is 1. The Bertz CT molecular complexity index is 529. The molecule has 0 aliphatic heterocycles. The van der Waals surface area contributed by atoms with Gasteiger partial charge in [-0.3, -0.25) is 4.79 Å². The number of benzene rings is 1. The molecule has 1 aliphatic carbocycles. The number of carbonyl (C=O) groups is 2. The van der Waals surface area contributed by atoms with E-state index in [2.05, 4.69) is 12.2 Å². The third-order valence-corrected chi connectivity index (χ3v) is 4.07. The average Bonchev–Trinajstić information content (AvgIpc) is 2.54. The molecular weight excluding hydrogens is 282 g/mol. The fraction of sp³-hybridized carbons (Fsp3) is 0.529. The molecule has 0 aromatic heterocycles. The molecule has 1 amide bonds. The number of ether oxygens (including phenoxy) is 2. The Morgan fingerprint density at radius 3 is 2.68 bits per heavy atom. The van der Waals surface area contributed by atoms with Gasteiger partial charge in [-0.05, 0) is 30.9 Å². The highest BCUT2D eigenvalue weighted by Gasteiger charge is 2.23. The summed E-state index contributed by atoms with van der Waals surface area (Å²) in [6.07, 6.45) is 4.70. The highest BCUT2D eigenvalue weighted by atomic mass is 16.5. The number of hydrogen-bond acceptors (Lipinski definition) is 4. The molecule has 1 fully saturated rings. The fourth-order valence-electron chi connectivity index (χ4n) is 2.78. The quantitative estimate of drug-likeness (QED) is 0.849. The zero-order valence-corrected chi connectivity index (χ0v) is 13.1. The molecule has 1 N–H and O–H groups in total. The van der Waals surface area contributed by atoms with Crippen molar-refractivity contribution in [2.45, 2.75) is 38.7 Å². The Kier molecular flexibility index (Phi) is 5.95. The number of methoxy groups -OCH3 is 1. The van der Waals surface area contributed by atoms with Crippen LogP contribution < -0.4 is 5.32 Å². The molecule has 120 valence electrons. The minimum atomic E-state index is -0.474. The van der Waals surface area contributed by atoms with E-state index in [0.29, 0.717) is 17.2 Å². The summed E-state index contributed by atoms with van der Waals surface area (Å²) >= 11 is 0. The van der Waals surface area contributed by atoms with E-state index in [1.165, 1.54) is 13.5 Å². The maximum atomic E-state index is 12.0. The minimum Gasteiger partial charge on any atom is -0.465 e. The van der Waals surface area contributed by atoms with Crippen molar-refractivity contribution in [2.75, 3.05) is 19.0 Å². The van der Waals surface area contributed by atoms with Gasteiger partial charge in [0.1, 0.15) is 6.61 Å². The van der Waals surface area contributed by atoms with Gasteiger partial charge in [0.25, 0.3) is 0 Å². The topological polar surface area (TPSA) is 64.6 Å². The molecule has 1 saturated carbocycles. The van der Waals surface area contributed by atoms with Crippen LogP contribution >= 0.6 is 0 Å². The Morgan fingerprint density at radius 1 is 1.23 bits per heavy atom. The molecular formula is C17H23NO4. The van der Waals surface area contributed by atoms with Gasteiger partial charge in [-0.1, -0.05) is 31.9 Å². The van der Waals surface area contributed by atoms with E-state index in [-0.39, 0.29) is 18.6 Å².